The third-order valence-corrected chi connectivity index (χ3v) is 6.01. The maximum atomic E-state index is 12.2. The summed E-state index contributed by atoms with van der Waals surface area (Å²) in [7, 11) is 0. The average Bonchev–Trinajstić information content (AvgIpc) is 2.89. The van der Waals surface area contributed by atoms with Crippen LogP contribution in [0.2, 0.25) is 5.15 Å². The summed E-state index contributed by atoms with van der Waals surface area (Å²) < 4.78 is 10.9. The third-order valence-electron chi connectivity index (χ3n) is 5.74. The molecule has 0 saturated carbocycles. The van der Waals surface area contributed by atoms with Crippen molar-refractivity contribution in [3.05, 3.63) is 40.7 Å². The molecule has 0 bridgehead atoms. The fourth-order valence-corrected chi connectivity index (χ4v) is 3.79. The molecule has 1 aliphatic heterocycles. The lowest BCUT2D eigenvalue weighted by Gasteiger charge is -2.22. The van der Waals surface area contributed by atoms with Crippen molar-refractivity contribution in [3.63, 3.8) is 0 Å². The summed E-state index contributed by atoms with van der Waals surface area (Å²) in [5.41, 5.74) is 17.9. The second kappa shape index (κ2) is 14.2. The van der Waals surface area contributed by atoms with Crippen molar-refractivity contribution in [2.45, 2.75) is 32.1 Å². The topological polar surface area (TPSA) is 193 Å². The van der Waals surface area contributed by atoms with Crippen LogP contribution < -0.4 is 32.6 Å². The number of carbonyl (C=O) groups is 2. The zero-order chi connectivity index (χ0) is 26.6. The number of aryl methyl sites for hydroxylation is 1. The number of anilines is 2. The van der Waals surface area contributed by atoms with Crippen LogP contribution in [-0.4, -0.2) is 60.7 Å². The second-order valence-electron chi connectivity index (χ2n) is 8.62. The Morgan fingerprint density at radius 1 is 1.11 bits per heavy atom. The Morgan fingerprint density at radius 2 is 1.84 bits per heavy atom. The molecule has 0 unspecified atom stereocenters. The number of guanidine groups is 1. The highest BCUT2D eigenvalue weighted by Gasteiger charge is 2.17. The number of ether oxygens (including phenoxy) is 2. The van der Waals surface area contributed by atoms with Crippen LogP contribution in [0, 0.1) is 5.92 Å². The molecule has 1 fully saturated rings. The molecular formula is C24H33ClN8O4. The fourth-order valence-electron chi connectivity index (χ4n) is 3.66. The van der Waals surface area contributed by atoms with Crippen molar-refractivity contribution in [1.82, 2.24) is 20.6 Å². The highest BCUT2D eigenvalue weighted by atomic mass is 35.5. The number of benzene rings is 1. The zero-order valence-electron chi connectivity index (χ0n) is 20.5. The van der Waals surface area contributed by atoms with E-state index in [0.29, 0.717) is 24.8 Å². The monoisotopic (exact) mass is 532 g/mol. The van der Waals surface area contributed by atoms with E-state index in [0.717, 1.165) is 50.8 Å². The average molecular weight is 533 g/mol. The highest BCUT2D eigenvalue weighted by Crippen LogP contribution is 2.17. The van der Waals surface area contributed by atoms with Gasteiger partial charge in [0.1, 0.15) is 5.75 Å². The summed E-state index contributed by atoms with van der Waals surface area (Å²) in [4.78, 5) is 35.9. The van der Waals surface area contributed by atoms with Gasteiger partial charge in [0.15, 0.2) is 35.0 Å². The van der Waals surface area contributed by atoms with Gasteiger partial charge < -0.3 is 32.0 Å². The molecule has 0 atom stereocenters. The largest absolute Gasteiger partial charge is 0.482 e. The van der Waals surface area contributed by atoms with Crippen LogP contribution in [0.15, 0.2) is 29.3 Å². The molecule has 1 aromatic heterocycles. The molecule has 1 aliphatic rings. The number of carbonyl (C=O) groups excluding carboxylic acids is 2. The Morgan fingerprint density at radius 3 is 2.57 bits per heavy atom. The van der Waals surface area contributed by atoms with Crippen LogP contribution in [0.3, 0.4) is 0 Å². The quantitative estimate of drug-likeness (QED) is 0.122. The number of halogens is 1. The van der Waals surface area contributed by atoms with Crippen LogP contribution in [0.4, 0.5) is 11.6 Å². The first-order valence-electron chi connectivity index (χ1n) is 12.1. The number of piperidine rings is 1. The molecule has 1 aromatic carbocycles. The number of esters is 1. The van der Waals surface area contributed by atoms with Gasteiger partial charge >= 0.3 is 5.97 Å². The van der Waals surface area contributed by atoms with Gasteiger partial charge in [-0.25, -0.2) is 14.8 Å². The van der Waals surface area contributed by atoms with E-state index in [2.05, 4.69) is 25.6 Å². The zero-order valence-corrected chi connectivity index (χ0v) is 21.3. The minimum atomic E-state index is -0.675. The van der Waals surface area contributed by atoms with E-state index in [1.54, 1.807) is 0 Å². The predicted octanol–water partition coefficient (Wildman–Crippen LogP) is 1.28. The Bertz CT molecular complexity index is 1090. The summed E-state index contributed by atoms with van der Waals surface area (Å²) >= 11 is 5.79. The number of hydrogen-bond acceptors (Lipinski definition) is 10. The van der Waals surface area contributed by atoms with E-state index in [9.17, 15) is 9.59 Å². The molecule has 1 amide bonds. The number of nitrogens with two attached hydrogens (primary N) is 3. The maximum absolute atomic E-state index is 12.2. The summed E-state index contributed by atoms with van der Waals surface area (Å²) in [6, 6.07) is 7.58. The van der Waals surface area contributed by atoms with E-state index in [1.165, 1.54) is 0 Å². The molecule has 2 heterocycles. The van der Waals surface area contributed by atoms with E-state index < -0.39 is 5.91 Å². The number of amides is 1. The lowest BCUT2D eigenvalue weighted by molar-refractivity contribution is -0.147. The minimum Gasteiger partial charge on any atom is -0.482 e. The van der Waals surface area contributed by atoms with Gasteiger partial charge in [0, 0.05) is 6.54 Å². The van der Waals surface area contributed by atoms with Gasteiger partial charge in [0.25, 0.3) is 5.91 Å². The van der Waals surface area contributed by atoms with Crippen LogP contribution in [0.1, 0.15) is 41.7 Å². The summed E-state index contributed by atoms with van der Waals surface area (Å²) in [5, 5.41) is 5.56. The lowest BCUT2D eigenvalue weighted by atomic mass is 9.99. The van der Waals surface area contributed by atoms with E-state index in [4.69, 9.17) is 38.3 Å². The SMILES string of the molecule is NC(=NCCCCc1ccc(OCC(=O)OCC2CCNCC2)cc1)NC(=O)c1nc(Cl)c(N)nc1N. The molecule has 200 valence electrons. The molecule has 37 heavy (non-hydrogen) atoms. The number of nitrogens with one attached hydrogen (secondary N) is 2. The standard InChI is InChI=1S/C24H33ClN8O4/c25-20-22(27)32-21(26)19(31-20)23(35)33-24(28)30-10-2-1-3-15-4-6-17(7-5-15)36-14-18(34)37-13-16-8-11-29-12-9-16/h4-7,16,29H,1-3,8-14H2,(H4,26,27,32)(H3,28,30,33,35). The summed E-state index contributed by atoms with van der Waals surface area (Å²) in [5.74, 6) is -0.274. The van der Waals surface area contributed by atoms with Crippen molar-refractivity contribution in [2.75, 3.05) is 44.3 Å². The molecule has 8 N–H and O–H groups in total. The molecule has 2 aromatic rings. The summed E-state index contributed by atoms with van der Waals surface area (Å²) in [6.07, 6.45) is 4.50. The van der Waals surface area contributed by atoms with Gasteiger partial charge in [-0.2, -0.15) is 0 Å². The number of unbranched alkanes of at least 4 members (excludes halogenated alkanes) is 1. The number of aliphatic imine (C=N–C) groups is 1. The molecular weight excluding hydrogens is 500 g/mol. The lowest BCUT2D eigenvalue weighted by Crippen LogP contribution is -2.38. The van der Waals surface area contributed by atoms with Crippen molar-refractivity contribution in [3.8, 4) is 5.75 Å². The number of aromatic nitrogens is 2. The van der Waals surface area contributed by atoms with Crippen molar-refractivity contribution < 1.29 is 19.1 Å². The Hall–Kier alpha value is -3.64. The van der Waals surface area contributed by atoms with Crippen molar-refractivity contribution >= 4 is 41.1 Å². The van der Waals surface area contributed by atoms with Crippen molar-refractivity contribution in [1.29, 1.82) is 0 Å². The Labute approximate surface area is 220 Å². The fraction of sp³-hybridized carbons (Fsp3) is 0.458. The molecule has 0 radical (unpaired) electrons. The normalized spacial score (nSPS) is 14.2. The molecule has 0 spiro atoms. The smallest absolute Gasteiger partial charge is 0.344 e. The van der Waals surface area contributed by atoms with Crippen LogP contribution in [-0.2, 0) is 16.0 Å². The third kappa shape index (κ3) is 9.39. The molecule has 13 heteroatoms. The van der Waals surface area contributed by atoms with E-state index in [1.807, 2.05) is 24.3 Å². The predicted molar refractivity (Wildman–Crippen MR) is 141 cm³/mol. The number of hydrogen-bond donors (Lipinski definition) is 5. The Kier molecular flexibility index (Phi) is 10.7. The van der Waals surface area contributed by atoms with Gasteiger partial charge in [-0.05, 0) is 68.8 Å². The van der Waals surface area contributed by atoms with E-state index >= 15 is 0 Å². The number of nitrogens with zero attached hydrogens (tertiary/aromatic N) is 3. The van der Waals surface area contributed by atoms with Gasteiger partial charge in [-0.3, -0.25) is 15.1 Å². The highest BCUT2D eigenvalue weighted by molar-refractivity contribution is 6.31. The first-order chi connectivity index (χ1) is 17.8. The Balaban J connectivity index is 1.31. The molecule has 12 nitrogen and oxygen atoms in total. The number of nitrogen functional groups attached to an aromatic ring is 2. The first kappa shape index (κ1) is 27.9. The van der Waals surface area contributed by atoms with Crippen LogP contribution in [0.5, 0.6) is 5.75 Å². The minimum absolute atomic E-state index is 0.0603. The van der Waals surface area contributed by atoms with Crippen LogP contribution >= 0.6 is 11.6 Å². The van der Waals surface area contributed by atoms with Crippen molar-refractivity contribution in [2.24, 2.45) is 16.6 Å². The van der Waals surface area contributed by atoms with Gasteiger partial charge in [-0.15, -0.1) is 0 Å². The molecule has 3 rings (SSSR count). The maximum Gasteiger partial charge on any atom is 0.344 e. The van der Waals surface area contributed by atoms with E-state index in [-0.39, 0.29) is 41.0 Å². The van der Waals surface area contributed by atoms with Gasteiger partial charge in [0.2, 0.25) is 0 Å². The molecule has 1 saturated heterocycles. The van der Waals surface area contributed by atoms with Crippen LogP contribution in [0.25, 0.3) is 0 Å². The summed E-state index contributed by atoms with van der Waals surface area (Å²) in [6.45, 7) is 2.71. The van der Waals surface area contributed by atoms with Gasteiger partial charge in [-0.1, -0.05) is 23.7 Å². The molecule has 0 aliphatic carbocycles. The first-order valence-corrected chi connectivity index (χ1v) is 12.5. The van der Waals surface area contributed by atoms with Gasteiger partial charge in [0.05, 0.1) is 6.61 Å². The number of rotatable bonds is 11. The second-order valence-corrected chi connectivity index (χ2v) is 8.98.